The summed E-state index contributed by atoms with van der Waals surface area (Å²) >= 11 is 1.98. The molecule has 0 spiro atoms. The van der Waals surface area contributed by atoms with Crippen molar-refractivity contribution in [3.8, 4) is 11.5 Å². The zero-order valence-corrected chi connectivity index (χ0v) is 9.02. The Hall–Kier alpha value is -0.980. The maximum Gasteiger partial charge on any atom is 0.278 e. The SMILES string of the molecule is Cc1cncc(-c2nnc(I)o2)c1. The lowest BCUT2D eigenvalue weighted by atomic mass is 10.2. The van der Waals surface area contributed by atoms with E-state index in [-0.39, 0.29) is 0 Å². The highest BCUT2D eigenvalue weighted by Crippen LogP contribution is 2.17. The molecule has 5 heteroatoms. The largest absolute Gasteiger partial charge is 0.412 e. The molecule has 2 rings (SSSR count). The highest BCUT2D eigenvalue weighted by Gasteiger charge is 2.06. The number of halogens is 1. The van der Waals surface area contributed by atoms with E-state index in [4.69, 9.17) is 4.42 Å². The molecule has 0 saturated heterocycles. The summed E-state index contributed by atoms with van der Waals surface area (Å²) in [5.41, 5.74) is 1.93. The highest BCUT2D eigenvalue weighted by molar-refractivity contribution is 14.1. The normalized spacial score (nSPS) is 10.3. The monoisotopic (exact) mass is 287 g/mol. The average Bonchev–Trinajstić information content (AvgIpc) is 2.52. The number of nitrogens with zero attached hydrogens (tertiary/aromatic N) is 3. The van der Waals surface area contributed by atoms with E-state index in [0.29, 0.717) is 9.79 Å². The van der Waals surface area contributed by atoms with E-state index >= 15 is 0 Å². The molecule has 0 aliphatic heterocycles. The van der Waals surface area contributed by atoms with Crippen molar-refractivity contribution in [1.82, 2.24) is 15.2 Å². The van der Waals surface area contributed by atoms with Crippen LogP contribution in [0.1, 0.15) is 5.56 Å². The summed E-state index contributed by atoms with van der Waals surface area (Å²) in [7, 11) is 0. The number of aryl methyl sites for hydroxylation is 1. The third-order valence-electron chi connectivity index (χ3n) is 1.52. The van der Waals surface area contributed by atoms with E-state index in [2.05, 4.69) is 15.2 Å². The van der Waals surface area contributed by atoms with Gasteiger partial charge in [-0.3, -0.25) is 4.98 Å². The molecule has 2 aromatic rings. The van der Waals surface area contributed by atoms with Crippen LogP contribution >= 0.6 is 22.6 Å². The van der Waals surface area contributed by atoms with Gasteiger partial charge in [-0.1, -0.05) is 0 Å². The molecule has 2 aromatic heterocycles. The van der Waals surface area contributed by atoms with Crippen LogP contribution in [0, 0.1) is 10.8 Å². The molecule has 0 amide bonds. The maximum absolute atomic E-state index is 5.25. The van der Waals surface area contributed by atoms with Crippen LogP contribution in [0.5, 0.6) is 0 Å². The lowest BCUT2D eigenvalue weighted by Crippen LogP contribution is -1.81. The summed E-state index contributed by atoms with van der Waals surface area (Å²) in [5, 5.41) is 7.63. The van der Waals surface area contributed by atoms with E-state index in [9.17, 15) is 0 Å². The Morgan fingerprint density at radius 2 is 2.15 bits per heavy atom. The van der Waals surface area contributed by atoms with Crippen molar-refractivity contribution in [2.45, 2.75) is 6.92 Å². The third kappa shape index (κ3) is 1.85. The van der Waals surface area contributed by atoms with Gasteiger partial charge < -0.3 is 4.42 Å². The number of hydrogen-bond acceptors (Lipinski definition) is 4. The molecule has 66 valence electrons. The second kappa shape index (κ2) is 3.41. The molecular weight excluding hydrogens is 281 g/mol. The molecule has 0 saturated carbocycles. The van der Waals surface area contributed by atoms with Crippen molar-refractivity contribution in [3.05, 3.63) is 27.9 Å². The zero-order chi connectivity index (χ0) is 9.26. The van der Waals surface area contributed by atoms with Crippen LogP contribution in [-0.4, -0.2) is 15.2 Å². The molecule has 0 radical (unpaired) electrons. The van der Waals surface area contributed by atoms with Gasteiger partial charge in [0.15, 0.2) is 0 Å². The number of pyridine rings is 1. The molecule has 0 aliphatic rings. The fourth-order valence-corrected chi connectivity index (χ4v) is 1.31. The average molecular weight is 287 g/mol. The van der Waals surface area contributed by atoms with Gasteiger partial charge >= 0.3 is 0 Å². The fraction of sp³-hybridized carbons (Fsp3) is 0.125. The molecule has 2 heterocycles. The second-order valence-electron chi connectivity index (χ2n) is 2.61. The van der Waals surface area contributed by atoms with E-state index in [1.165, 1.54) is 0 Å². The van der Waals surface area contributed by atoms with Crippen LogP contribution in [0.4, 0.5) is 0 Å². The minimum Gasteiger partial charge on any atom is -0.412 e. The summed E-state index contributed by atoms with van der Waals surface area (Å²) < 4.78 is 5.79. The smallest absolute Gasteiger partial charge is 0.278 e. The van der Waals surface area contributed by atoms with Gasteiger partial charge in [0, 0.05) is 35.0 Å². The zero-order valence-electron chi connectivity index (χ0n) is 6.86. The molecule has 4 nitrogen and oxygen atoms in total. The van der Waals surface area contributed by atoms with Crippen LogP contribution in [-0.2, 0) is 0 Å². The van der Waals surface area contributed by atoms with Gasteiger partial charge in [0.05, 0.1) is 5.56 Å². The van der Waals surface area contributed by atoms with Gasteiger partial charge in [-0.15, -0.1) is 10.2 Å². The van der Waals surface area contributed by atoms with Crippen LogP contribution in [0.25, 0.3) is 11.5 Å². The Bertz CT molecular complexity index is 427. The molecule has 0 aromatic carbocycles. The van der Waals surface area contributed by atoms with Crippen molar-refractivity contribution in [2.24, 2.45) is 0 Å². The number of aromatic nitrogens is 3. The first-order chi connectivity index (χ1) is 6.25. The van der Waals surface area contributed by atoms with Crippen molar-refractivity contribution < 1.29 is 4.42 Å². The molecule has 0 N–H and O–H groups in total. The summed E-state index contributed by atoms with van der Waals surface area (Å²) in [5.74, 6) is 0.514. The molecule has 0 fully saturated rings. The van der Waals surface area contributed by atoms with Crippen molar-refractivity contribution in [2.75, 3.05) is 0 Å². The summed E-state index contributed by atoms with van der Waals surface area (Å²) in [6, 6.07) is 1.95. The van der Waals surface area contributed by atoms with Crippen LogP contribution in [0.15, 0.2) is 22.9 Å². The lowest BCUT2D eigenvalue weighted by Gasteiger charge is -1.94. The minimum absolute atomic E-state index is 0.514. The van der Waals surface area contributed by atoms with Gasteiger partial charge in [0.1, 0.15) is 0 Å². The van der Waals surface area contributed by atoms with Crippen molar-refractivity contribution in [1.29, 1.82) is 0 Å². The van der Waals surface area contributed by atoms with Gasteiger partial charge in [0.25, 0.3) is 3.90 Å². The summed E-state index contributed by atoms with van der Waals surface area (Å²) in [6.07, 6.45) is 3.49. The van der Waals surface area contributed by atoms with Gasteiger partial charge in [-0.05, 0) is 18.6 Å². The van der Waals surface area contributed by atoms with Gasteiger partial charge in [-0.2, -0.15) is 0 Å². The standard InChI is InChI=1S/C8H6IN3O/c1-5-2-6(4-10-3-5)7-11-12-8(9)13-7/h2-4H,1H3. The molecule has 0 bridgehead atoms. The minimum atomic E-state index is 0.514. The Morgan fingerprint density at radius 1 is 1.31 bits per heavy atom. The third-order valence-corrected chi connectivity index (χ3v) is 1.96. The first kappa shape index (κ1) is 8.61. The van der Waals surface area contributed by atoms with Crippen LogP contribution < -0.4 is 0 Å². The van der Waals surface area contributed by atoms with Gasteiger partial charge in [-0.25, -0.2) is 0 Å². The van der Waals surface area contributed by atoms with Crippen LogP contribution in [0.3, 0.4) is 0 Å². The maximum atomic E-state index is 5.25. The number of rotatable bonds is 1. The number of hydrogen-bond donors (Lipinski definition) is 0. The topological polar surface area (TPSA) is 51.8 Å². The van der Waals surface area contributed by atoms with E-state index in [0.717, 1.165) is 11.1 Å². The quantitative estimate of drug-likeness (QED) is 0.753. The molecule has 0 unspecified atom stereocenters. The van der Waals surface area contributed by atoms with E-state index in [1.807, 2.05) is 35.6 Å². The Morgan fingerprint density at radius 3 is 2.77 bits per heavy atom. The fourth-order valence-electron chi connectivity index (χ4n) is 0.994. The Balaban J connectivity index is 2.46. The van der Waals surface area contributed by atoms with Gasteiger partial charge in [0.2, 0.25) is 5.89 Å². The van der Waals surface area contributed by atoms with Crippen molar-refractivity contribution in [3.63, 3.8) is 0 Å². The van der Waals surface area contributed by atoms with E-state index in [1.54, 1.807) is 12.4 Å². The Kier molecular flexibility index (Phi) is 2.26. The second-order valence-corrected chi connectivity index (χ2v) is 3.53. The molecule has 0 atom stereocenters. The lowest BCUT2D eigenvalue weighted by molar-refractivity contribution is 0.536. The first-order valence-corrected chi connectivity index (χ1v) is 4.74. The predicted octanol–water partition coefficient (Wildman–Crippen LogP) is 2.04. The predicted molar refractivity (Wildman–Crippen MR) is 55.0 cm³/mol. The molecular formula is C8H6IN3O. The first-order valence-electron chi connectivity index (χ1n) is 3.67. The van der Waals surface area contributed by atoms with Crippen molar-refractivity contribution >= 4 is 22.6 Å². The van der Waals surface area contributed by atoms with E-state index < -0.39 is 0 Å². The molecule has 0 aliphatic carbocycles. The summed E-state index contributed by atoms with van der Waals surface area (Å²) in [6.45, 7) is 1.97. The van der Waals surface area contributed by atoms with Crippen LogP contribution in [0.2, 0.25) is 0 Å². The highest BCUT2D eigenvalue weighted by atomic mass is 127. The molecule has 13 heavy (non-hydrogen) atoms. The Labute approximate surface area is 88.5 Å². The summed E-state index contributed by atoms with van der Waals surface area (Å²) in [4.78, 5) is 4.04.